The Kier molecular flexibility index (Phi) is 5.23. The van der Waals surface area contributed by atoms with Crippen molar-refractivity contribution >= 4 is 23.5 Å². The molecule has 1 fully saturated rings. The average molecular weight is 366 g/mol. The molecule has 0 spiro atoms. The van der Waals surface area contributed by atoms with Gasteiger partial charge in [-0.1, -0.05) is 23.7 Å². The molecule has 1 amide bonds. The maximum absolute atomic E-state index is 13.8. The first kappa shape index (κ1) is 17.3. The Morgan fingerprint density at radius 2 is 2.28 bits per heavy atom. The Hall–Kier alpha value is -2.54. The third-order valence-electron chi connectivity index (χ3n) is 3.92. The second kappa shape index (κ2) is 7.57. The number of amides is 1. The van der Waals surface area contributed by atoms with Gasteiger partial charge in [0.2, 0.25) is 5.88 Å². The van der Waals surface area contributed by atoms with Crippen LogP contribution in [0.1, 0.15) is 12.0 Å². The fourth-order valence-corrected chi connectivity index (χ4v) is 2.79. The highest BCUT2D eigenvalue weighted by atomic mass is 35.5. The lowest BCUT2D eigenvalue weighted by Crippen LogP contribution is -2.30. The molecule has 0 saturated carbocycles. The van der Waals surface area contributed by atoms with E-state index in [1.54, 1.807) is 30.3 Å². The Balaban J connectivity index is 1.59. The molecule has 132 valence electrons. The van der Waals surface area contributed by atoms with Crippen LogP contribution in [0.5, 0.6) is 5.88 Å². The minimum atomic E-state index is -0.917. The maximum Gasteiger partial charge on any atom is 0.407 e. The third kappa shape index (κ3) is 4.51. The Bertz CT molecular complexity index is 775. The Labute approximate surface area is 149 Å². The van der Waals surface area contributed by atoms with Gasteiger partial charge in [0.05, 0.1) is 0 Å². The van der Waals surface area contributed by atoms with Gasteiger partial charge >= 0.3 is 6.09 Å². The molecule has 2 N–H and O–H groups in total. The number of hydrogen-bond donors (Lipinski definition) is 2. The summed E-state index contributed by atoms with van der Waals surface area (Å²) in [6.45, 7) is 0.951. The lowest BCUT2D eigenvalue weighted by molar-refractivity contribution is 0.155. The van der Waals surface area contributed by atoms with Crippen LogP contribution in [-0.4, -0.2) is 40.2 Å². The molecule has 3 rings (SSSR count). The number of anilines is 1. The highest BCUT2D eigenvalue weighted by Crippen LogP contribution is 2.19. The van der Waals surface area contributed by atoms with Crippen LogP contribution in [0.3, 0.4) is 0 Å². The lowest BCUT2D eigenvalue weighted by atomic mass is 10.2. The number of likely N-dealkylation sites (tertiary alicyclic amines) is 1. The van der Waals surface area contributed by atoms with Crippen molar-refractivity contribution in [1.29, 1.82) is 0 Å². The standard InChI is InChI=1S/C17H17ClFN3O3/c18-12-5-4-11(14(19)8-12)10-25-16-3-1-2-15(21-16)20-13-6-7-22(9-13)17(23)24/h1-5,8,13H,6-7,9-10H2,(H,20,21)(H,23,24)/t13-/m1/s1. The maximum atomic E-state index is 13.8. The van der Waals surface area contributed by atoms with Crippen LogP contribution in [0, 0.1) is 5.82 Å². The zero-order chi connectivity index (χ0) is 17.8. The first-order chi connectivity index (χ1) is 12.0. The number of pyridine rings is 1. The highest BCUT2D eigenvalue weighted by molar-refractivity contribution is 6.30. The van der Waals surface area contributed by atoms with Crippen molar-refractivity contribution < 1.29 is 19.0 Å². The quantitative estimate of drug-likeness (QED) is 0.846. The molecule has 25 heavy (non-hydrogen) atoms. The molecule has 1 aliphatic rings. The summed E-state index contributed by atoms with van der Waals surface area (Å²) in [7, 11) is 0. The second-order valence-corrected chi connectivity index (χ2v) is 6.18. The second-order valence-electron chi connectivity index (χ2n) is 5.74. The number of benzene rings is 1. The van der Waals surface area contributed by atoms with E-state index in [4.69, 9.17) is 21.4 Å². The van der Waals surface area contributed by atoms with Gasteiger partial charge in [0.15, 0.2) is 0 Å². The highest BCUT2D eigenvalue weighted by Gasteiger charge is 2.25. The van der Waals surface area contributed by atoms with E-state index in [1.807, 2.05) is 0 Å². The smallest absolute Gasteiger partial charge is 0.407 e. The minimum absolute atomic E-state index is 0.00700. The summed E-state index contributed by atoms with van der Waals surface area (Å²) in [6.07, 6.45) is -0.200. The van der Waals surface area contributed by atoms with Gasteiger partial charge in [-0.15, -0.1) is 0 Å². The van der Waals surface area contributed by atoms with Crippen LogP contribution in [0.15, 0.2) is 36.4 Å². The number of carbonyl (C=O) groups is 1. The molecule has 1 aromatic heterocycles. The summed E-state index contributed by atoms with van der Waals surface area (Å²) in [5, 5.41) is 12.5. The van der Waals surface area contributed by atoms with Gasteiger partial charge in [0, 0.05) is 35.8 Å². The van der Waals surface area contributed by atoms with Crippen molar-refractivity contribution in [3.05, 3.63) is 52.8 Å². The van der Waals surface area contributed by atoms with Gasteiger partial charge in [-0.3, -0.25) is 0 Å². The molecule has 0 bridgehead atoms. The summed E-state index contributed by atoms with van der Waals surface area (Å²) in [5.74, 6) is 0.514. The van der Waals surface area contributed by atoms with Crippen LogP contribution in [-0.2, 0) is 6.61 Å². The van der Waals surface area contributed by atoms with E-state index in [2.05, 4.69) is 10.3 Å². The number of aromatic nitrogens is 1. The van der Waals surface area contributed by atoms with Crippen molar-refractivity contribution in [1.82, 2.24) is 9.88 Å². The summed E-state index contributed by atoms with van der Waals surface area (Å²) < 4.78 is 19.3. The first-order valence-corrected chi connectivity index (χ1v) is 8.17. The van der Waals surface area contributed by atoms with Gasteiger partial charge in [-0.25, -0.2) is 9.18 Å². The summed E-state index contributed by atoms with van der Waals surface area (Å²) in [6, 6.07) is 9.64. The van der Waals surface area contributed by atoms with Gasteiger partial charge in [-0.05, 0) is 24.6 Å². The van der Waals surface area contributed by atoms with Gasteiger partial charge in [0.1, 0.15) is 18.2 Å². The van der Waals surface area contributed by atoms with Crippen molar-refractivity contribution in [2.75, 3.05) is 18.4 Å². The largest absolute Gasteiger partial charge is 0.473 e. The van der Waals surface area contributed by atoms with Gasteiger partial charge < -0.3 is 20.1 Å². The molecule has 1 saturated heterocycles. The molecule has 8 heteroatoms. The number of nitrogens with one attached hydrogen (secondary N) is 1. The molecule has 6 nitrogen and oxygen atoms in total. The van der Waals surface area contributed by atoms with Gasteiger partial charge in [0.25, 0.3) is 0 Å². The molecule has 1 aromatic carbocycles. The predicted molar refractivity (Wildman–Crippen MR) is 91.6 cm³/mol. The topological polar surface area (TPSA) is 74.7 Å². The minimum Gasteiger partial charge on any atom is -0.473 e. The number of ether oxygens (including phenoxy) is 1. The van der Waals surface area contributed by atoms with Crippen molar-refractivity contribution in [2.24, 2.45) is 0 Å². The lowest BCUT2D eigenvalue weighted by Gasteiger charge is -2.15. The fraction of sp³-hybridized carbons (Fsp3) is 0.294. The monoisotopic (exact) mass is 365 g/mol. The third-order valence-corrected chi connectivity index (χ3v) is 4.16. The van der Waals surface area contributed by atoms with Crippen LogP contribution in [0.25, 0.3) is 0 Å². The molecule has 2 heterocycles. The zero-order valence-electron chi connectivity index (χ0n) is 13.3. The van der Waals surface area contributed by atoms with E-state index < -0.39 is 11.9 Å². The number of halogens is 2. The van der Waals surface area contributed by atoms with Crippen LogP contribution >= 0.6 is 11.6 Å². The normalized spacial score (nSPS) is 16.7. The van der Waals surface area contributed by atoms with E-state index in [-0.39, 0.29) is 12.6 Å². The number of hydrogen-bond acceptors (Lipinski definition) is 4. The van der Waals surface area contributed by atoms with E-state index in [0.29, 0.717) is 35.4 Å². The Morgan fingerprint density at radius 3 is 3.00 bits per heavy atom. The summed E-state index contributed by atoms with van der Waals surface area (Å²) in [4.78, 5) is 16.6. The number of nitrogens with zero attached hydrogens (tertiary/aromatic N) is 2. The fourth-order valence-electron chi connectivity index (χ4n) is 2.63. The predicted octanol–water partition coefficient (Wildman–Crippen LogP) is 3.62. The molecule has 0 unspecified atom stereocenters. The SMILES string of the molecule is O=C(O)N1CC[C@@H](Nc2cccc(OCc3ccc(Cl)cc3F)n2)C1. The van der Waals surface area contributed by atoms with Crippen LogP contribution in [0.4, 0.5) is 15.0 Å². The zero-order valence-corrected chi connectivity index (χ0v) is 14.0. The molecular weight excluding hydrogens is 349 g/mol. The summed E-state index contributed by atoms with van der Waals surface area (Å²) in [5.41, 5.74) is 0.387. The Morgan fingerprint density at radius 1 is 1.44 bits per heavy atom. The molecule has 1 aliphatic heterocycles. The number of rotatable bonds is 5. The molecule has 1 atom stereocenters. The summed E-state index contributed by atoms with van der Waals surface area (Å²) >= 11 is 5.72. The molecule has 0 radical (unpaired) electrons. The van der Waals surface area contributed by atoms with Crippen molar-refractivity contribution in [3.8, 4) is 5.88 Å². The van der Waals surface area contributed by atoms with E-state index >= 15 is 0 Å². The average Bonchev–Trinajstić information content (AvgIpc) is 3.03. The van der Waals surface area contributed by atoms with E-state index in [1.165, 1.54) is 11.0 Å². The molecule has 2 aromatic rings. The molecule has 0 aliphatic carbocycles. The first-order valence-electron chi connectivity index (χ1n) is 7.79. The van der Waals surface area contributed by atoms with E-state index in [9.17, 15) is 9.18 Å². The van der Waals surface area contributed by atoms with Crippen LogP contribution < -0.4 is 10.1 Å². The van der Waals surface area contributed by atoms with E-state index in [0.717, 1.165) is 6.42 Å². The van der Waals surface area contributed by atoms with Crippen LogP contribution in [0.2, 0.25) is 5.02 Å². The molecular formula is C17H17ClFN3O3. The van der Waals surface area contributed by atoms with Gasteiger partial charge in [-0.2, -0.15) is 4.98 Å². The van der Waals surface area contributed by atoms with Crippen molar-refractivity contribution in [3.63, 3.8) is 0 Å². The number of carboxylic acid groups (broad SMARTS) is 1. The van der Waals surface area contributed by atoms with Crippen molar-refractivity contribution in [2.45, 2.75) is 19.1 Å².